The van der Waals surface area contributed by atoms with Gasteiger partial charge >= 0.3 is 0 Å². The highest BCUT2D eigenvalue weighted by molar-refractivity contribution is 4.73. The Hall–Kier alpha value is -0.120. The molecular weight excluding hydrogens is 262 g/mol. The van der Waals surface area contributed by atoms with E-state index in [-0.39, 0.29) is 5.60 Å². The maximum atomic E-state index is 5.90. The minimum Gasteiger partial charge on any atom is -0.377 e. The van der Waals surface area contributed by atoms with Crippen LogP contribution in [0.2, 0.25) is 0 Å². The summed E-state index contributed by atoms with van der Waals surface area (Å²) in [6.07, 6.45) is 4.23. The second kappa shape index (κ2) is 9.12. The average Bonchev–Trinajstić information content (AvgIpc) is 2.37. The highest BCUT2D eigenvalue weighted by Gasteiger charge is 2.20. The van der Waals surface area contributed by atoms with Crippen LogP contribution in [0.25, 0.3) is 0 Å². The van der Waals surface area contributed by atoms with Crippen molar-refractivity contribution in [1.82, 2.24) is 4.90 Å². The van der Waals surface area contributed by atoms with Crippen LogP contribution in [0.3, 0.4) is 0 Å². The predicted octanol–water partition coefficient (Wildman–Crippen LogP) is 3.96. The Balaban J connectivity index is 2.17. The molecule has 126 valence electrons. The van der Waals surface area contributed by atoms with Gasteiger partial charge < -0.3 is 14.4 Å². The Bertz CT molecular complexity index is 273. The van der Waals surface area contributed by atoms with Gasteiger partial charge in [0.05, 0.1) is 18.3 Å². The molecule has 1 aliphatic rings. The van der Waals surface area contributed by atoms with Gasteiger partial charge in [-0.3, -0.25) is 0 Å². The SMILES string of the molecule is CC(C)[C@@H](C)OCCN1CCCC(CCOC(C)(C)C)C1. The van der Waals surface area contributed by atoms with E-state index in [2.05, 4.69) is 46.4 Å². The molecular formula is C18H37NO2. The van der Waals surface area contributed by atoms with Gasteiger partial charge in [-0.15, -0.1) is 0 Å². The van der Waals surface area contributed by atoms with Crippen LogP contribution < -0.4 is 0 Å². The molecule has 0 bridgehead atoms. The maximum absolute atomic E-state index is 5.90. The lowest BCUT2D eigenvalue weighted by Crippen LogP contribution is -2.38. The van der Waals surface area contributed by atoms with E-state index in [0.717, 1.165) is 25.7 Å². The highest BCUT2D eigenvalue weighted by Crippen LogP contribution is 2.20. The second-order valence-electron chi connectivity index (χ2n) is 7.88. The second-order valence-corrected chi connectivity index (χ2v) is 7.88. The van der Waals surface area contributed by atoms with Gasteiger partial charge in [-0.1, -0.05) is 13.8 Å². The minimum absolute atomic E-state index is 0.00478. The number of hydrogen-bond donors (Lipinski definition) is 0. The number of rotatable bonds is 8. The minimum atomic E-state index is -0.00478. The largest absolute Gasteiger partial charge is 0.377 e. The third kappa shape index (κ3) is 8.80. The van der Waals surface area contributed by atoms with Crippen LogP contribution in [0.5, 0.6) is 0 Å². The first-order valence-corrected chi connectivity index (χ1v) is 8.76. The van der Waals surface area contributed by atoms with E-state index >= 15 is 0 Å². The van der Waals surface area contributed by atoms with Gasteiger partial charge in [0.15, 0.2) is 0 Å². The van der Waals surface area contributed by atoms with Gasteiger partial charge in [0, 0.05) is 19.7 Å². The summed E-state index contributed by atoms with van der Waals surface area (Å²) in [7, 11) is 0. The molecule has 1 unspecified atom stereocenters. The lowest BCUT2D eigenvalue weighted by Gasteiger charge is -2.33. The van der Waals surface area contributed by atoms with E-state index in [1.807, 2.05) is 0 Å². The molecule has 0 amide bonds. The molecule has 1 fully saturated rings. The zero-order chi connectivity index (χ0) is 15.9. The average molecular weight is 299 g/mol. The molecule has 0 N–H and O–H groups in total. The zero-order valence-electron chi connectivity index (χ0n) is 15.2. The summed E-state index contributed by atoms with van der Waals surface area (Å²) in [6.45, 7) is 18.3. The number of ether oxygens (including phenoxy) is 2. The third-order valence-electron chi connectivity index (χ3n) is 4.39. The summed E-state index contributed by atoms with van der Waals surface area (Å²) < 4.78 is 11.8. The van der Waals surface area contributed by atoms with Crippen LogP contribution in [0.4, 0.5) is 0 Å². The van der Waals surface area contributed by atoms with Crippen LogP contribution >= 0.6 is 0 Å². The van der Waals surface area contributed by atoms with Gasteiger partial charge in [-0.05, 0) is 65.3 Å². The normalized spacial score (nSPS) is 22.7. The molecule has 0 aromatic heterocycles. The standard InChI is InChI=1S/C18H37NO2/c1-15(2)16(3)20-13-11-19-10-7-8-17(14-19)9-12-21-18(4,5)6/h15-17H,7-14H2,1-6H3/t16-,17?/m1/s1. The molecule has 0 aliphatic carbocycles. The molecule has 0 radical (unpaired) electrons. The fourth-order valence-electron chi connectivity index (χ4n) is 2.68. The third-order valence-corrected chi connectivity index (χ3v) is 4.39. The molecule has 1 rings (SSSR count). The molecule has 21 heavy (non-hydrogen) atoms. The van der Waals surface area contributed by atoms with Crippen LogP contribution in [0.15, 0.2) is 0 Å². The molecule has 2 atom stereocenters. The summed E-state index contributed by atoms with van der Waals surface area (Å²) in [5, 5.41) is 0. The van der Waals surface area contributed by atoms with Crippen LogP contribution in [0.1, 0.15) is 60.8 Å². The van der Waals surface area contributed by atoms with Crippen molar-refractivity contribution in [2.45, 2.75) is 72.5 Å². The van der Waals surface area contributed by atoms with Gasteiger partial charge in [-0.25, -0.2) is 0 Å². The summed E-state index contributed by atoms with van der Waals surface area (Å²) in [5.41, 5.74) is -0.00478. The fourth-order valence-corrected chi connectivity index (χ4v) is 2.68. The number of nitrogens with zero attached hydrogens (tertiary/aromatic N) is 1. The van der Waals surface area contributed by atoms with Crippen molar-refractivity contribution in [3.05, 3.63) is 0 Å². The number of likely N-dealkylation sites (tertiary alicyclic amines) is 1. The molecule has 1 heterocycles. The molecule has 0 spiro atoms. The zero-order valence-corrected chi connectivity index (χ0v) is 15.2. The lowest BCUT2D eigenvalue weighted by molar-refractivity contribution is -0.0162. The lowest BCUT2D eigenvalue weighted by atomic mass is 9.95. The van der Waals surface area contributed by atoms with E-state index in [1.165, 1.54) is 32.4 Å². The van der Waals surface area contributed by atoms with Crippen molar-refractivity contribution in [2.24, 2.45) is 11.8 Å². The first-order chi connectivity index (χ1) is 9.78. The van der Waals surface area contributed by atoms with Crippen molar-refractivity contribution < 1.29 is 9.47 Å². The van der Waals surface area contributed by atoms with Crippen molar-refractivity contribution >= 4 is 0 Å². The smallest absolute Gasteiger partial charge is 0.0598 e. The monoisotopic (exact) mass is 299 g/mol. The van der Waals surface area contributed by atoms with Gasteiger partial charge in [-0.2, -0.15) is 0 Å². The van der Waals surface area contributed by atoms with Crippen molar-refractivity contribution in [2.75, 3.05) is 32.8 Å². The molecule has 3 heteroatoms. The molecule has 1 aliphatic heterocycles. The first-order valence-electron chi connectivity index (χ1n) is 8.76. The maximum Gasteiger partial charge on any atom is 0.0598 e. The summed E-state index contributed by atoms with van der Waals surface area (Å²) >= 11 is 0. The van der Waals surface area contributed by atoms with Crippen LogP contribution in [-0.2, 0) is 9.47 Å². The van der Waals surface area contributed by atoms with E-state index in [9.17, 15) is 0 Å². The summed E-state index contributed by atoms with van der Waals surface area (Å²) in [5.74, 6) is 1.40. The Morgan fingerprint density at radius 1 is 1.14 bits per heavy atom. The highest BCUT2D eigenvalue weighted by atomic mass is 16.5. The molecule has 0 saturated carbocycles. The summed E-state index contributed by atoms with van der Waals surface area (Å²) in [6, 6.07) is 0. The molecule has 1 saturated heterocycles. The van der Waals surface area contributed by atoms with E-state index in [4.69, 9.17) is 9.47 Å². The first kappa shape index (κ1) is 18.9. The van der Waals surface area contributed by atoms with Gasteiger partial charge in [0.1, 0.15) is 0 Å². The Morgan fingerprint density at radius 2 is 1.86 bits per heavy atom. The van der Waals surface area contributed by atoms with Crippen LogP contribution in [-0.4, -0.2) is 49.5 Å². The van der Waals surface area contributed by atoms with Crippen molar-refractivity contribution in [3.63, 3.8) is 0 Å². The Labute approximate surface area is 132 Å². The van der Waals surface area contributed by atoms with E-state index in [0.29, 0.717) is 12.0 Å². The Morgan fingerprint density at radius 3 is 2.48 bits per heavy atom. The van der Waals surface area contributed by atoms with Crippen LogP contribution in [0, 0.1) is 11.8 Å². The van der Waals surface area contributed by atoms with Crippen molar-refractivity contribution in [1.29, 1.82) is 0 Å². The topological polar surface area (TPSA) is 21.7 Å². The molecule has 0 aromatic carbocycles. The molecule has 3 nitrogen and oxygen atoms in total. The Kier molecular flexibility index (Phi) is 8.22. The van der Waals surface area contributed by atoms with E-state index in [1.54, 1.807) is 0 Å². The molecule has 0 aromatic rings. The van der Waals surface area contributed by atoms with Gasteiger partial charge in [0.2, 0.25) is 0 Å². The number of piperidine rings is 1. The predicted molar refractivity (Wildman–Crippen MR) is 89.7 cm³/mol. The van der Waals surface area contributed by atoms with Gasteiger partial charge in [0.25, 0.3) is 0 Å². The number of hydrogen-bond acceptors (Lipinski definition) is 3. The fraction of sp³-hybridized carbons (Fsp3) is 1.00. The quantitative estimate of drug-likeness (QED) is 0.677. The van der Waals surface area contributed by atoms with E-state index < -0.39 is 0 Å². The van der Waals surface area contributed by atoms with Crippen molar-refractivity contribution in [3.8, 4) is 0 Å². The summed E-state index contributed by atoms with van der Waals surface area (Å²) in [4.78, 5) is 2.57.